The van der Waals surface area contributed by atoms with Gasteiger partial charge in [0.25, 0.3) is 0 Å². The molecule has 1 N–H and O–H groups in total. The summed E-state index contributed by atoms with van der Waals surface area (Å²) >= 11 is 0. The van der Waals surface area contributed by atoms with Crippen molar-refractivity contribution in [1.82, 2.24) is 20.1 Å². The number of aromatic nitrogens is 3. The summed E-state index contributed by atoms with van der Waals surface area (Å²) in [5.74, 6) is 2.58. The van der Waals surface area contributed by atoms with Gasteiger partial charge in [0.15, 0.2) is 0 Å². The Kier molecular flexibility index (Phi) is 6.34. The summed E-state index contributed by atoms with van der Waals surface area (Å²) in [5.41, 5.74) is 3.94. The summed E-state index contributed by atoms with van der Waals surface area (Å²) in [7, 11) is 0. The van der Waals surface area contributed by atoms with Crippen molar-refractivity contribution in [1.29, 1.82) is 0 Å². The molecule has 2 aliphatic rings. The molecule has 0 bridgehead atoms. The summed E-state index contributed by atoms with van der Waals surface area (Å²) in [4.78, 5) is 13.3. The maximum Gasteiger partial charge on any atom is 0.142 e. The van der Waals surface area contributed by atoms with Crippen molar-refractivity contribution in [3.8, 4) is 0 Å². The van der Waals surface area contributed by atoms with Crippen LogP contribution in [0.15, 0.2) is 18.2 Å². The second-order valence-corrected chi connectivity index (χ2v) is 10.9. The van der Waals surface area contributed by atoms with Crippen LogP contribution in [0.2, 0.25) is 0 Å². The Hall–Kier alpha value is -2.01. The summed E-state index contributed by atoms with van der Waals surface area (Å²) in [6, 6.07) is 6.92. The van der Waals surface area contributed by atoms with Crippen molar-refractivity contribution in [2.45, 2.75) is 85.1 Å². The lowest BCUT2D eigenvalue weighted by Crippen LogP contribution is -2.26. The third kappa shape index (κ3) is 5.25. The van der Waals surface area contributed by atoms with Gasteiger partial charge in [-0.25, -0.2) is 0 Å². The molecule has 1 aromatic heterocycles. The number of carbonyl (C=O) groups excluding carboxylic acids is 1. The molecular formula is C26H38N4O. The van der Waals surface area contributed by atoms with Crippen LogP contribution in [-0.2, 0) is 17.6 Å². The third-order valence-corrected chi connectivity index (χ3v) is 6.85. The number of Topliss-reactive ketones (excluding diaryl/α,β-unsaturated/α-hetero) is 1. The van der Waals surface area contributed by atoms with Gasteiger partial charge >= 0.3 is 0 Å². The summed E-state index contributed by atoms with van der Waals surface area (Å²) < 4.78 is 2.40. The van der Waals surface area contributed by atoms with Gasteiger partial charge in [-0.05, 0) is 56.1 Å². The highest BCUT2D eigenvalue weighted by atomic mass is 16.1. The molecule has 5 nitrogen and oxygen atoms in total. The molecule has 2 aromatic rings. The van der Waals surface area contributed by atoms with E-state index in [2.05, 4.69) is 72.9 Å². The number of carbonyl (C=O) groups is 1. The summed E-state index contributed by atoms with van der Waals surface area (Å²) in [5, 5.41) is 12.7. The van der Waals surface area contributed by atoms with Gasteiger partial charge in [0.1, 0.15) is 17.4 Å². The normalized spacial score (nSPS) is 21.6. The largest absolute Gasteiger partial charge is 0.315 e. The molecule has 2 heterocycles. The number of hydrogen-bond acceptors (Lipinski definition) is 4. The Morgan fingerprint density at radius 1 is 1.16 bits per heavy atom. The molecular weight excluding hydrogens is 384 g/mol. The van der Waals surface area contributed by atoms with Crippen LogP contribution in [0.1, 0.15) is 86.8 Å². The number of nitrogens with one attached hydrogen (secondary N) is 1. The number of rotatable bonds is 8. The van der Waals surface area contributed by atoms with Crippen molar-refractivity contribution in [2.24, 2.45) is 11.3 Å². The Bertz CT molecular complexity index is 935. The van der Waals surface area contributed by atoms with Gasteiger partial charge in [0.05, 0.1) is 0 Å². The van der Waals surface area contributed by atoms with Gasteiger partial charge in [0.2, 0.25) is 0 Å². The van der Waals surface area contributed by atoms with E-state index >= 15 is 0 Å². The molecule has 1 saturated carbocycles. The molecule has 2 fully saturated rings. The van der Waals surface area contributed by atoms with Crippen molar-refractivity contribution >= 4 is 5.78 Å². The first kappa shape index (κ1) is 22.2. The van der Waals surface area contributed by atoms with Crippen molar-refractivity contribution in [3.05, 3.63) is 46.5 Å². The van der Waals surface area contributed by atoms with E-state index in [0.29, 0.717) is 23.7 Å². The predicted molar refractivity (Wildman–Crippen MR) is 124 cm³/mol. The highest BCUT2D eigenvalue weighted by Crippen LogP contribution is 2.40. The molecule has 0 unspecified atom stereocenters. The Morgan fingerprint density at radius 3 is 2.61 bits per heavy atom. The first-order valence-corrected chi connectivity index (χ1v) is 12.0. The average Bonchev–Trinajstić information content (AvgIpc) is 3.24. The minimum Gasteiger partial charge on any atom is -0.315 e. The van der Waals surface area contributed by atoms with E-state index in [9.17, 15) is 4.79 Å². The van der Waals surface area contributed by atoms with Crippen molar-refractivity contribution in [2.75, 3.05) is 13.1 Å². The SMILES string of the molecule is Cc1ccc(CC(=O)[C@H]2CNC[C@@H]2c2nnc(CCCC(C)(C)C)n2C2CC2)c(C)c1. The molecule has 2 atom stereocenters. The van der Waals surface area contributed by atoms with Crippen LogP contribution in [0.3, 0.4) is 0 Å². The van der Waals surface area contributed by atoms with Crippen LogP contribution in [-0.4, -0.2) is 33.6 Å². The lowest BCUT2D eigenvalue weighted by Gasteiger charge is -2.20. The fraction of sp³-hybridized carbons (Fsp3) is 0.654. The quantitative estimate of drug-likeness (QED) is 0.669. The lowest BCUT2D eigenvalue weighted by atomic mass is 9.87. The van der Waals surface area contributed by atoms with E-state index in [-0.39, 0.29) is 11.8 Å². The first-order chi connectivity index (χ1) is 14.7. The molecule has 1 saturated heterocycles. The zero-order valence-electron chi connectivity index (χ0n) is 19.9. The molecule has 31 heavy (non-hydrogen) atoms. The van der Waals surface area contributed by atoms with Gasteiger partial charge in [-0.2, -0.15) is 0 Å². The van der Waals surface area contributed by atoms with E-state index in [4.69, 9.17) is 0 Å². The molecule has 4 rings (SSSR count). The molecule has 0 amide bonds. The van der Waals surface area contributed by atoms with E-state index in [1.807, 2.05) is 0 Å². The van der Waals surface area contributed by atoms with Gasteiger partial charge in [-0.3, -0.25) is 4.79 Å². The average molecular weight is 423 g/mol. The minimum absolute atomic E-state index is 0.0233. The highest BCUT2D eigenvalue weighted by Gasteiger charge is 2.40. The lowest BCUT2D eigenvalue weighted by molar-refractivity contribution is -0.122. The Morgan fingerprint density at radius 2 is 1.94 bits per heavy atom. The van der Waals surface area contributed by atoms with Crippen LogP contribution >= 0.6 is 0 Å². The summed E-state index contributed by atoms with van der Waals surface area (Å²) in [6.45, 7) is 12.6. The number of nitrogens with zero attached hydrogens (tertiary/aromatic N) is 3. The zero-order chi connectivity index (χ0) is 22.2. The highest BCUT2D eigenvalue weighted by molar-refractivity contribution is 5.85. The monoisotopic (exact) mass is 422 g/mol. The Labute approximate surface area is 187 Å². The van der Waals surface area contributed by atoms with E-state index in [0.717, 1.165) is 43.1 Å². The van der Waals surface area contributed by atoms with Gasteiger partial charge in [0, 0.05) is 43.8 Å². The second-order valence-electron chi connectivity index (χ2n) is 10.9. The van der Waals surface area contributed by atoms with Gasteiger partial charge in [-0.1, -0.05) is 44.5 Å². The molecule has 1 aromatic carbocycles. The Balaban J connectivity index is 1.51. The third-order valence-electron chi connectivity index (χ3n) is 6.85. The van der Waals surface area contributed by atoms with Crippen LogP contribution in [0.25, 0.3) is 0 Å². The second kappa shape index (κ2) is 8.85. The molecule has 5 heteroatoms. The van der Waals surface area contributed by atoms with Crippen molar-refractivity contribution < 1.29 is 4.79 Å². The van der Waals surface area contributed by atoms with E-state index < -0.39 is 0 Å². The van der Waals surface area contributed by atoms with Crippen LogP contribution in [0.5, 0.6) is 0 Å². The van der Waals surface area contributed by atoms with Gasteiger partial charge in [-0.15, -0.1) is 10.2 Å². The molecule has 1 aliphatic carbocycles. The fourth-order valence-corrected chi connectivity index (χ4v) is 4.92. The predicted octanol–water partition coefficient (Wildman–Crippen LogP) is 4.71. The van der Waals surface area contributed by atoms with Gasteiger partial charge < -0.3 is 9.88 Å². The smallest absolute Gasteiger partial charge is 0.142 e. The first-order valence-electron chi connectivity index (χ1n) is 12.0. The number of benzene rings is 1. The molecule has 168 valence electrons. The van der Waals surface area contributed by atoms with Crippen LogP contribution in [0, 0.1) is 25.2 Å². The minimum atomic E-state index is -0.0233. The maximum absolute atomic E-state index is 13.3. The summed E-state index contributed by atoms with van der Waals surface area (Å²) in [6.07, 6.45) is 6.21. The maximum atomic E-state index is 13.3. The number of aryl methyl sites for hydroxylation is 3. The fourth-order valence-electron chi connectivity index (χ4n) is 4.92. The molecule has 0 radical (unpaired) electrons. The van der Waals surface area contributed by atoms with Crippen molar-refractivity contribution in [3.63, 3.8) is 0 Å². The zero-order valence-corrected chi connectivity index (χ0v) is 19.9. The topological polar surface area (TPSA) is 59.8 Å². The molecule has 1 aliphatic heterocycles. The van der Waals surface area contributed by atoms with Crippen LogP contribution in [0.4, 0.5) is 0 Å². The number of hydrogen-bond donors (Lipinski definition) is 1. The standard InChI is InChI=1S/C26H38N4O/c1-17-8-9-19(18(2)13-17)14-23(31)21-15-27-16-22(21)25-29-28-24(30(25)20-10-11-20)7-6-12-26(3,4)5/h8-9,13,20-22,27H,6-7,10-12,14-16H2,1-5H3/t21-,22-/m0/s1. The van der Waals surface area contributed by atoms with Crippen LogP contribution < -0.4 is 5.32 Å². The van der Waals surface area contributed by atoms with E-state index in [1.165, 1.54) is 30.4 Å². The number of ketones is 1. The van der Waals surface area contributed by atoms with E-state index in [1.54, 1.807) is 0 Å². The molecule has 0 spiro atoms.